The predicted octanol–water partition coefficient (Wildman–Crippen LogP) is -2.44. The van der Waals surface area contributed by atoms with Crippen LogP contribution < -0.4 is 33.2 Å². The summed E-state index contributed by atoms with van der Waals surface area (Å²) in [5, 5.41) is 16.0. The average molecular weight is 458 g/mol. The minimum Gasteiger partial charge on any atom is -0.481 e. The molecule has 0 bridgehead atoms. The van der Waals surface area contributed by atoms with Gasteiger partial charge in [-0.3, -0.25) is 24.2 Å². The van der Waals surface area contributed by atoms with Gasteiger partial charge >= 0.3 is 5.97 Å². The summed E-state index contributed by atoms with van der Waals surface area (Å²) in [6, 6.07) is -2.75. The summed E-state index contributed by atoms with van der Waals surface area (Å²) in [4.78, 5) is 62.2. The maximum absolute atomic E-state index is 12.5. The van der Waals surface area contributed by atoms with Crippen molar-refractivity contribution in [3.8, 4) is 0 Å². The van der Waals surface area contributed by atoms with Gasteiger partial charge in [0.15, 0.2) is 5.96 Å². The fraction of sp³-hybridized carbons (Fsp3) is 0.684. The molecule has 3 atom stereocenters. The maximum Gasteiger partial charge on any atom is 0.303 e. The molecule has 0 aliphatic heterocycles. The van der Waals surface area contributed by atoms with Crippen LogP contribution in [0.25, 0.3) is 0 Å². The van der Waals surface area contributed by atoms with E-state index in [2.05, 4.69) is 20.9 Å². The number of carboxylic acids is 1. The number of aliphatic imine (C=N–C) groups is 1. The monoisotopic (exact) mass is 457 g/mol. The molecular weight excluding hydrogens is 422 g/mol. The van der Waals surface area contributed by atoms with Gasteiger partial charge in [0.1, 0.15) is 12.3 Å². The lowest BCUT2D eigenvalue weighted by atomic mass is 10.0. The van der Waals surface area contributed by atoms with Crippen LogP contribution >= 0.6 is 0 Å². The zero-order valence-corrected chi connectivity index (χ0v) is 18.5. The Hall–Kier alpha value is -3.22. The van der Waals surface area contributed by atoms with Crippen LogP contribution in [0.3, 0.4) is 0 Å². The van der Waals surface area contributed by atoms with Gasteiger partial charge in [-0.1, -0.05) is 13.8 Å². The zero-order chi connectivity index (χ0) is 24.7. The third-order valence-corrected chi connectivity index (χ3v) is 4.25. The summed E-state index contributed by atoms with van der Waals surface area (Å²) < 4.78 is 0. The summed E-state index contributed by atoms with van der Waals surface area (Å²) in [5.74, 6) is -2.85. The topological polar surface area (TPSA) is 232 Å². The predicted molar refractivity (Wildman–Crippen MR) is 117 cm³/mol. The molecule has 0 rings (SSSR count). The molecule has 3 amide bonds. The third kappa shape index (κ3) is 13.9. The molecule has 32 heavy (non-hydrogen) atoms. The fourth-order valence-electron chi connectivity index (χ4n) is 2.63. The number of aliphatic carboxylic acids is 1. The number of nitrogens with one attached hydrogen (secondary N) is 3. The maximum atomic E-state index is 12.5. The molecule has 0 saturated heterocycles. The van der Waals surface area contributed by atoms with E-state index in [1.807, 2.05) is 13.8 Å². The normalized spacial score (nSPS) is 13.4. The van der Waals surface area contributed by atoms with E-state index in [0.717, 1.165) is 0 Å². The second-order valence-electron chi connectivity index (χ2n) is 7.71. The molecule has 0 heterocycles. The molecule has 13 nitrogen and oxygen atoms in total. The molecule has 182 valence electrons. The number of nitrogens with two attached hydrogens (primary N) is 3. The van der Waals surface area contributed by atoms with Crippen molar-refractivity contribution in [2.45, 2.75) is 64.1 Å². The van der Waals surface area contributed by atoms with Gasteiger partial charge in [-0.05, 0) is 31.6 Å². The lowest BCUT2D eigenvalue weighted by Gasteiger charge is -2.22. The Morgan fingerprint density at radius 1 is 1.06 bits per heavy atom. The highest BCUT2D eigenvalue weighted by molar-refractivity contribution is 5.92. The van der Waals surface area contributed by atoms with Gasteiger partial charge in [-0.25, -0.2) is 0 Å². The number of hydrogen-bond acceptors (Lipinski definition) is 7. The average Bonchev–Trinajstić information content (AvgIpc) is 2.70. The van der Waals surface area contributed by atoms with Gasteiger partial charge in [0.2, 0.25) is 17.7 Å². The van der Waals surface area contributed by atoms with Gasteiger partial charge in [-0.15, -0.1) is 0 Å². The lowest BCUT2D eigenvalue weighted by molar-refractivity contribution is -0.137. The van der Waals surface area contributed by atoms with Crippen molar-refractivity contribution in [1.82, 2.24) is 16.0 Å². The van der Waals surface area contributed by atoms with Crippen molar-refractivity contribution in [3.63, 3.8) is 0 Å². The first-order chi connectivity index (χ1) is 15.0. The first-order valence-corrected chi connectivity index (χ1v) is 10.3. The number of amides is 3. The van der Waals surface area contributed by atoms with E-state index in [9.17, 15) is 24.0 Å². The van der Waals surface area contributed by atoms with E-state index < -0.39 is 48.4 Å². The molecule has 0 aromatic heterocycles. The number of hydrogen-bond donors (Lipinski definition) is 7. The van der Waals surface area contributed by atoms with E-state index in [0.29, 0.717) is 32.1 Å². The summed E-state index contributed by atoms with van der Waals surface area (Å²) in [6.45, 7) is 3.62. The van der Waals surface area contributed by atoms with Crippen LogP contribution in [0.15, 0.2) is 4.99 Å². The fourth-order valence-corrected chi connectivity index (χ4v) is 2.63. The Balaban J connectivity index is 4.71. The third-order valence-electron chi connectivity index (χ3n) is 4.25. The second-order valence-corrected chi connectivity index (χ2v) is 7.71. The number of carbonyl (C=O) groups is 5. The van der Waals surface area contributed by atoms with Crippen LogP contribution in [-0.4, -0.2) is 72.3 Å². The summed E-state index contributed by atoms with van der Waals surface area (Å²) in [6.07, 6.45) is 1.18. The Bertz CT molecular complexity index is 679. The molecular formula is C19H35N7O6. The summed E-state index contributed by atoms with van der Waals surface area (Å²) >= 11 is 0. The largest absolute Gasteiger partial charge is 0.481 e. The van der Waals surface area contributed by atoms with Crippen molar-refractivity contribution in [1.29, 1.82) is 0 Å². The SMILES string of the molecule is CC(C)C[C@H](NC(=O)[C@@H](N)CCCN=C(N)N)C(=O)NCC(=O)N[C@H](C=O)CCC(=O)O. The van der Waals surface area contributed by atoms with Crippen LogP contribution in [0.1, 0.15) is 46.0 Å². The molecule has 0 aromatic rings. The van der Waals surface area contributed by atoms with Gasteiger partial charge in [-0.2, -0.15) is 0 Å². The molecule has 0 aliphatic carbocycles. The molecule has 0 saturated carbocycles. The highest BCUT2D eigenvalue weighted by Gasteiger charge is 2.25. The van der Waals surface area contributed by atoms with Gasteiger partial charge in [0, 0.05) is 13.0 Å². The highest BCUT2D eigenvalue weighted by atomic mass is 16.4. The van der Waals surface area contributed by atoms with Crippen molar-refractivity contribution in [3.05, 3.63) is 0 Å². The van der Waals surface area contributed by atoms with Crippen LogP contribution in [0.4, 0.5) is 0 Å². The smallest absolute Gasteiger partial charge is 0.303 e. The summed E-state index contributed by atoms with van der Waals surface area (Å²) in [7, 11) is 0. The molecule has 0 aromatic carbocycles. The van der Waals surface area contributed by atoms with Crippen LogP contribution in [-0.2, 0) is 24.0 Å². The first-order valence-electron chi connectivity index (χ1n) is 10.3. The van der Waals surface area contributed by atoms with Crippen molar-refractivity contribution in [2.75, 3.05) is 13.1 Å². The zero-order valence-electron chi connectivity index (χ0n) is 18.5. The molecule has 10 N–H and O–H groups in total. The molecule has 0 spiro atoms. The number of rotatable bonds is 16. The number of carbonyl (C=O) groups excluding carboxylic acids is 4. The van der Waals surface area contributed by atoms with E-state index in [1.54, 1.807) is 0 Å². The Morgan fingerprint density at radius 2 is 1.72 bits per heavy atom. The minimum absolute atomic E-state index is 0.0536. The molecule has 0 unspecified atom stereocenters. The highest BCUT2D eigenvalue weighted by Crippen LogP contribution is 2.06. The second kappa shape index (κ2) is 15.6. The van der Waals surface area contributed by atoms with E-state index in [4.69, 9.17) is 22.3 Å². The Morgan fingerprint density at radius 3 is 2.25 bits per heavy atom. The van der Waals surface area contributed by atoms with Crippen LogP contribution in [0, 0.1) is 5.92 Å². The number of guanidine groups is 1. The number of aldehydes is 1. The van der Waals surface area contributed by atoms with Gasteiger partial charge in [0.05, 0.1) is 18.6 Å². The van der Waals surface area contributed by atoms with Crippen molar-refractivity contribution < 1.29 is 29.1 Å². The molecule has 13 heteroatoms. The van der Waals surface area contributed by atoms with Crippen LogP contribution in [0.2, 0.25) is 0 Å². The van der Waals surface area contributed by atoms with Crippen LogP contribution in [0.5, 0.6) is 0 Å². The van der Waals surface area contributed by atoms with Gasteiger partial charge < -0.3 is 43.1 Å². The van der Waals surface area contributed by atoms with E-state index in [-0.39, 0.29) is 24.7 Å². The first kappa shape index (κ1) is 28.8. The minimum atomic E-state index is -1.10. The molecule has 0 radical (unpaired) electrons. The number of nitrogens with zero attached hydrogens (tertiary/aromatic N) is 1. The number of carboxylic acid groups (broad SMARTS) is 1. The lowest BCUT2D eigenvalue weighted by Crippen LogP contribution is -2.53. The Kier molecular flexibility index (Phi) is 14.0. The molecule has 0 aliphatic rings. The Labute approximate surface area is 186 Å². The molecule has 0 fully saturated rings. The van der Waals surface area contributed by atoms with Crippen molar-refractivity contribution >= 4 is 35.9 Å². The van der Waals surface area contributed by atoms with Crippen molar-refractivity contribution in [2.24, 2.45) is 28.1 Å². The standard InChI is InChI=1S/C19H35N7O6/c1-11(2)8-14(26-17(31)13(20)4-3-7-23-19(21)22)18(32)24-9-15(28)25-12(10-27)5-6-16(29)30/h10-14H,3-9,20H2,1-2H3,(H,24,32)(H,25,28)(H,26,31)(H,29,30)(H4,21,22,23)/t12-,13-,14-/m0/s1. The summed E-state index contributed by atoms with van der Waals surface area (Å²) in [5.41, 5.74) is 16.3. The quantitative estimate of drug-likeness (QED) is 0.0563. The van der Waals surface area contributed by atoms with E-state index in [1.165, 1.54) is 0 Å². The van der Waals surface area contributed by atoms with Gasteiger partial charge in [0.25, 0.3) is 0 Å². The van der Waals surface area contributed by atoms with E-state index >= 15 is 0 Å².